The quantitative estimate of drug-likeness (QED) is 0.723. The molecule has 1 unspecified atom stereocenters. The van der Waals surface area contributed by atoms with Gasteiger partial charge in [0.2, 0.25) is 0 Å². The van der Waals surface area contributed by atoms with Crippen molar-refractivity contribution in [2.45, 2.75) is 49.0 Å². The molecule has 0 radical (unpaired) electrons. The van der Waals surface area contributed by atoms with Gasteiger partial charge in [-0.2, -0.15) is 0 Å². The van der Waals surface area contributed by atoms with Gasteiger partial charge in [0.1, 0.15) is 0 Å². The van der Waals surface area contributed by atoms with E-state index in [1.165, 1.54) is 6.07 Å². The second kappa shape index (κ2) is 4.23. The Labute approximate surface area is 121 Å². The summed E-state index contributed by atoms with van der Waals surface area (Å²) in [6, 6.07) is 6.42. The number of fused-ring (bicyclic) bond motifs is 2. The molecule has 2 spiro atoms. The Morgan fingerprint density at radius 2 is 1.76 bits per heavy atom. The Morgan fingerprint density at radius 1 is 1.05 bits per heavy atom. The summed E-state index contributed by atoms with van der Waals surface area (Å²) in [5.41, 5.74) is -0.954. The van der Waals surface area contributed by atoms with Crippen LogP contribution >= 0.6 is 0 Å². The summed E-state index contributed by atoms with van der Waals surface area (Å²) in [6.07, 6.45) is -0.790. The van der Waals surface area contributed by atoms with Crippen LogP contribution in [0.3, 0.4) is 0 Å². The summed E-state index contributed by atoms with van der Waals surface area (Å²) in [6.45, 7) is 0.838. The first-order chi connectivity index (χ1) is 10.0. The topological polar surface area (TPSA) is 18.5 Å². The number of alkyl halides is 3. The SMILES string of the molecule is FC1c2ccccc2[C@@]2(CCCC3(C2)OCCO3)C1(F)F. The third-order valence-electron chi connectivity index (χ3n) is 5.25. The summed E-state index contributed by atoms with van der Waals surface area (Å²) >= 11 is 0. The first-order valence-electron chi connectivity index (χ1n) is 7.40. The zero-order chi connectivity index (χ0) is 14.7. The zero-order valence-electron chi connectivity index (χ0n) is 11.6. The first kappa shape index (κ1) is 13.6. The van der Waals surface area contributed by atoms with Crippen LogP contribution in [0.4, 0.5) is 13.2 Å². The molecule has 4 rings (SSSR count). The van der Waals surface area contributed by atoms with Gasteiger partial charge in [0, 0.05) is 12.8 Å². The summed E-state index contributed by atoms with van der Waals surface area (Å²) < 4.78 is 55.3. The molecular formula is C16H17F3O2. The molecule has 1 aromatic carbocycles. The van der Waals surface area contributed by atoms with Gasteiger partial charge >= 0.3 is 0 Å². The van der Waals surface area contributed by atoms with Crippen molar-refractivity contribution in [1.82, 2.24) is 0 Å². The van der Waals surface area contributed by atoms with Crippen LogP contribution in [0.2, 0.25) is 0 Å². The summed E-state index contributed by atoms with van der Waals surface area (Å²) in [7, 11) is 0. The van der Waals surface area contributed by atoms with Gasteiger partial charge in [-0.1, -0.05) is 24.3 Å². The van der Waals surface area contributed by atoms with E-state index in [1.807, 2.05) is 0 Å². The van der Waals surface area contributed by atoms with Gasteiger partial charge in [-0.3, -0.25) is 0 Å². The van der Waals surface area contributed by atoms with Crippen molar-refractivity contribution in [3.8, 4) is 0 Å². The highest BCUT2D eigenvalue weighted by Crippen LogP contribution is 2.64. The molecule has 114 valence electrons. The largest absolute Gasteiger partial charge is 0.347 e. The van der Waals surface area contributed by atoms with E-state index in [1.54, 1.807) is 18.2 Å². The summed E-state index contributed by atoms with van der Waals surface area (Å²) in [5.74, 6) is -4.38. The number of halogens is 3. The van der Waals surface area contributed by atoms with E-state index in [-0.39, 0.29) is 18.4 Å². The van der Waals surface area contributed by atoms with Crippen molar-refractivity contribution in [3.05, 3.63) is 35.4 Å². The number of hydrogen-bond donors (Lipinski definition) is 0. The van der Waals surface area contributed by atoms with Crippen LogP contribution in [0.5, 0.6) is 0 Å². The van der Waals surface area contributed by atoms with Crippen LogP contribution in [0.1, 0.15) is 43.0 Å². The smallest absolute Gasteiger partial charge is 0.292 e. The average Bonchev–Trinajstić information content (AvgIpc) is 2.98. The van der Waals surface area contributed by atoms with Crippen molar-refractivity contribution < 1.29 is 22.6 Å². The molecule has 1 heterocycles. The van der Waals surface area contributed by atoms with Gasteiger partial charge in [-0.05, 0) is 24.0 Å². The first-order valence-corrected chi connectivity index (χ1v) is 7.40. The normalized spacial score (nSPS) is 36.2. The van der Waals surface area contributed by atoms with E-state index in [0.29, 0.717) is 31.6 Å². The van der Waals surface area contributed by atoms with Crippen molar-refractivity contribution in [3.63, 3.8) is 0 Å². The number of hydrogen-bond acceptors (Lipinski definition) is 2. The Morgan fingerprint density at radius 3 is 2.52 bits per heavy atom. The van der Waals surface area contributed by atoms with E-state index >= 15 is 0 Å². The lowest BCUT2D eigenvalue weighted by Crippen LogP contribution is -2.52. The molecule has 2 nitrogen and oxygen atoms in total. The predicted octanol–water partition coefficient (Wildman–Crippen LogP) is 3.90. The molecule has 2 fully saturated rings. The van der Waals surface area contributed by atoms with Crippen LogP contribution in [-0.4, -0.2) is 24.9 Å². The highest BCUT2D eigenvalue weighted by atomic mass is 19.3. The average molecular weight is 298 g/mol. The maximum Gasteiger partial charge on any atom is 0.292 e. The molecule has 5 heteroatoms. The van der Waals surface area contributed by atoms with Gasteiger partial charge in [0.05, 0.1) is 18.6 Å². The number of rotatable bonds is 0. The highest BCUT2D eigenvalue weighted by molar-refractivity contribution is 5.46. The van der Waals surface area contributed by atoms with Gasteiger partial charge in [-0.25, -0.2) is 13.2 Å². The lowest BCUT2D eigenvalue weighted by molar-refractivity contribution is -0.227. The fourth-order valence-electron chi connectivity index (χ4n) is 4.33. The Bertz CT molecular complexity index is 568. The molecular weight excluding hydrogens is 281 g/mol. The molecule has 1 saturated heterocycles. The Balaban J connectivity index is 1.85. The second-order valence-electron chi connectivity index (χ2n) is 6.29. The molecule has 0 amide bonds. The molecule has 21 heavy (non-hydrogen) atoms. The molecule has 3 aliphatic rings. The van der Waals surface area contributed by atoms with Gasteiger partial charge < -0.3 is 9.47 Å². The van der Waals surface area contributed by atoms with E-state index in [4.69, 9.17) is 9.47 Å². The molecule has 0 bridgehead atoms. The zero-order valence-corrected chi connectivity index (χ0v) is 11.6. The molecule has 1 saturated carbocycles. The van der Waals surface area contributed by atoms with E-state index < -0.39 is 23.3 Å². The predicted molar refractivity (Wildman–Crippen MR) is 70.0 cm³/mol. The third kappa shape index (κ3) is 1.62. The van der Waals surface area contributed by atoms with E-state index in [0.717, 1.165) is 0 Å². The van der Waals surface area contributed by atoms with E-state index in [9.17, 15) is 13.2 Å². The monoisotopic (exact) mass is 298 g/mol. The molecule has 2 aliphatic carbocycles. The standard InChI is InChI=1S/C16H17F3O2/c17-13-11-4-1-2-5-12(11)14(16(13,18)19)6-3-7-15(10-14)20-8-9-21-15/h1-2,4-5,13H,3,6-10H2/t13?,14-/m0/s1. The molecule has 1 aromatic rings. The van der Waals surface area contributed by atoms with Gasteiger partial charge in [-0.15, -0.1) is 0 Å². The van der Waals surface area contributed by atoms with Crippen LogP contribution in [0, 0.1) is 0 Å². The lowest BCUT2D eigenvalue weighted by atomic mass is 9.66. The van der Waals surface area contributed by atoms with E-state index in [2.05, 4.69) is 0 Å². The van der Waals surface area contributed by atoms with Crippen LogP contribution in [0.15, 0.2) is 24.3 Å². The Hall–Kier alpha value is -1.07. The van der Waals surface area contributed by atoms with Crippen LogP contribution in [0.25, 0.3) is 0 Å². The lowest BCUT2D eigenvalue weighted by Gasteiger charge is -2.46. The molecule has 0 N–H and O–H groups in total. The van der Waals surface area contributed by atoms with Gasteiger partial charge in [0.25, 0.3) is 5.92 Å². The number of ether oxygens (including phenoxy) is 2. The minimum Gasteiger partial charge on any atom is -0.347 e. The van der Waals surface area contributed by atoms with Crippen molar-refractivity contribution in [1.29, 1.82) is 0 Å². The van der Waals surface area contributed by atoms with Crippen molar-refractivity contribution >= 4 is 0 Å². The highest BCUT2D eigenvalue weighted by Gasteiger charge is 2.69. The maximum atomic E-state index is 14.8. The fraction of sp³-hybridized carbons (Fsp3) is 0.625. The van der Waals surface area contributed by atoms with Crippen LogP contribution in [-0.2, 0) is 14.9 Å². The maximum absolute atomic E-state index is 14.8. The van der Waals surface area contributed by atoms with Crippen LogP contribution < -0.4 is 0 Å². The Kier molecular flexibility index (Phi) is 2.74. The number of benzene rings is 1. The molecule has 0 aromatic heterocycles. The van der Waals surface area contributed by atoms with Crippen molar-refractivity contribution in [2.24, 2.45) is 0 Å². The second-order valence-corrected chi connectivity index (χ2v) is 6.29. The molecule has 2 atom stereocenters. The van der Waals surface area contributed by atoms with Gasteiger partial charge in [0.15, 0.2) is 12.0 Å². The summed E-state index contributed by atoms with van der Waals surface area (Å²) in [4.78, 5) is 0. The minimum atomic E-state index is -3.42. The third-order valence-corrected chi connectivity index (χ3v) is 5.25. The fourth-order valence-corrected chi connectivity index (χ4v) is 4.33. The molecule has 1 aliphatic heterocycles. The van der Waals surface area contributed by atoms with Crippen molar-refractivity contribution in [2.75, 3.05) is 13.2 Å². The minimum absolute atomic E-state index is 0.0322. The summed E-state index contributed by atoms with van der Waals surface area (Å²) in [5, 5.41) is 0.